The highest BCUT2D eigenvalue weighted by molar-refractivity contribution is 9.10. The Labute approximate surface area is 222 Å². The van der Waals surface area contributed by atoms with E-state index < -0.39 is 6.04 Å². The van der Waals surface area contributed by atoms with E-state index in [1.807, 2.05) is 84.9 Å². The molecule has 0 aliphatic heterocycles. The van der Waals surface area contributed by atoms with Gasteiger partial charge in [-0.3, -0.25) is 9.59 Å². The third-order valence-corrected chi connectivity index (χ3v) is 7.12. The summed E-state index contributed by atoms with van der Waals surface area (Å²) in [6.07, 6.45) is 5.88. The maximum atomic E-state index is 13.7. The van der Waals surface area contributed by atoms with Crippen LogP contribution < -0.4 is 10.1 Å². The van der Waals surface area contributed by atoms with E-state index in [4.69, 9.17) is 4.74 Å². The van der Waals surface area contributed by atoms with Crippen molar-refractivity contribution < 1.29 is 14.3 Å². The second-order valence-corrected chi connectivity index (χ2v) is 10.2. The lowest BCUT2D eigenvalue weighted by molar-refractivity contribution is -0.143. The zero-order chi connectivity index (χ0) is 25.2. The molecule has 4 rings (SSSR count). The molecule has 3 aromatic rings. The molecule has 0 spiro atoms. The molecule has 1 aliphatic carbocycles. The van der Waals surface area contributed by atoms with Crippen LogP contribution in [0.3, 0.4) is 0 Å². The van der Waals surface area contributed by atoms with Gasteiger partial charge in [-0.15, -0.1) is 0 Å². The van der Waals surface area contributed by atoms with Crippen molar-refractivity contribution in [1.82, 2.24) is 10.2 Å². The Bertz CT molecular complexity index is 1100. The van der Waals surface area contributed by atoms with E-state index in [0.29, 0.717) is 18.7 Å². The second-order valence-electron chi connectivity index (χ2n) is 9.30. The number of carbonyl (C=O) groups excluding carboxylic acids is 2. The first kappa shape index (κ1) is 26.0. The summed E-state index contributed by atoms with van der Waals surface area (Å²) in [7, 11) is 0. The van der Waals surface area contributed by atoms with Crippen molar-refractivity contribution in [3.05, 3.63) is 101 Å². The number of hydrogen-bond donors (Lipinski definition) is 1. The number of carbonyl (C=O) groups is 2. The topological polar surface area (TPSA) is 58.6 Å². The lowest BCUT2D eigenvalue weighted by Gasteiger charge is -2.33. The fourth-order valence-electron chi connectivity index (χ4n) is 4.63. The zero-order valence-corrected chi connectivity index (χ0v) is 22.0. The third-order valence-electron chi connectivity index (χ3n) is 6.59. The summed E-state index contributed by atoms with van der Waals surface area (Å²) in [5, 5.41) is 3.26. The SMILES string of the molecule is O=C(NC1CCCCC1)[C@H](Cc1ccccc1)N(Cc1ccc(Br)cc1)C(=O)COc1ccccc1. The Balaban J connectivity index is 1.60. The van der Waals surface area contributed by atoms with E-state index in [1.54, 1.807) is 4.90 Å². The number of nitrogens with zero attached hydrogens (tertiary/aromatic N) is 1. The third kappa shape index (κ3) is 7.69. The van der Waals surface area contributed by atoms with Crippen LogP contribution in [0.1, 0.15) is 43.2 Å². The number of benzene rings is 3. The molecule has 6 heteroatoms. The Morgan fingerprint density at radius 3 is 2.17 bits per heavy atom. The van der Waals surface area contributed by atoms with Crippen molar-refractivity contribution in [2.75, 3.05) is 6.61 Å². The van der Waals surface area contributed by atoms with Crippen LogP contribution in [-0.2, 0) is 22.6 Å². The number of nitrogens with one attached hydrogen (secondary N) is 1. The van der Waals surface area contributed by atoms with Crippen molar-refractivity contribution in [1.29, 1.82) is 0 Å². The lowest BCUT2D eigenvalue weighted by Crippen LogP contribution is -2.53. The average Bonchev–Trinajstić information content (AvgIpc) is 2.92. The van der Waals surface area contributed by atoms with Gasteiger partial charge in [-0.05, 0) is 48.2 Å². The summed E-state index contributed by atoms with van der Waals surface area (Å²) >= 11 is 3.48. The van der Waals surface area contributed by atoms with E-state index in [9.17, 15) is 9.59 Å². The van der Waals surface area contributed by atoms with Crippen LogP contribution in [-0.4, -0.2) is 35.4 Å². The monoisotopic (exact) mass is 548 g/mol. The molecule has 1 aliphatic rings. The van der Waals surface area contributed by atoms with Crippen LogP contribution in [0.4, 0.5) is 0 Å². The van der Waals surface area contributed by atoms with Crippen molar-refractivity contribution >= 4 is 27.7 Å². The van der Waals surface area contributed by atoms with Crippen LogP contribution in [0, 0.1) is 0 Å². The van der Waals surface area contributed by atoms with E-state index >= 15 is 0 Å². The fourth-order valence-corrected chi connectivity index (χ4v) is 4.89. The molecule has 0 unspecified atom stereocenters. The Morgan fingerprint density at radius 2 is 1.50 bits per heavy atom. The lowest BCUT2D eigenvalue weighted by atomic mass is 9.94. The maximum Gasteiger partial charge on any atom is 0.261 e. The predicted octanol–water partition coefficient (Wildman–Crippen LogP) is 5.92. The van der Waals surface area contributed by atoms with E-state index in [2.05, 4.69) is 21.2 Å². The second kappa shape index (κ2) is 13.3. The van der Waals surface area contributed by atoms with Crippen molar-refractivity contribution in [3.63, 3.8) is 0 Å². The van der Waals surface area contributed by atoms with Crippen LogP contribution >= 0.6 is 15.9 Å². The largest absolute Gasteiger partial charge is 0.484 e. The highest BCUT2D eigenvalue weighted by Gasteiger charge is 2.32. The van der Waals surface area contributed by atoms with Crippen molar-refractivity contribution in [2.24, 2.45) is 0 Å². The minimum atomic E-state index is -0.648. The molecular weight excluding hydrogens is 516 g/mol. The smallest absolute Gasteiger partial charge is 0.261 e. The molecule has 2 amide bonds. The molecule has 0 radical (unpaired) electrons. The molecule has 1 saturated carbocycles. The number of ether oxygens (including phenoxy) is 1. The van der Waals surface area contributed by atoms with Gasteiger partial charge in [0.25, 0.3) is 5.91 Å². The Kier molecular flexibility index (Phi) is 9.56. The number of rotatable bonds is 10. The van der Waals surface area contributed by atoms with E-state index in [0.717, 1.165) is 41.3 Å². The molecule has 0 saturated heterocycles. The molecule has 5 nitrogen and oxygen atoms in total. The minimum Gasteiger partial charge on any atom is -0.484 e. The summed E-state index contributed by atoms with van der Waals surface area (Å²) in [5.41, 5.74) is 1.97. The highest BCUT2D eigenvalue weighted by Crippen LogP contribution is 2.21. The van der Waals surface area contributed by atoms with E-state index in [-0.39, 0.29) is 24.5 Å². The van der Waals surface area contributed by atoms with Gasteiger partial charge in [-0.1, -0.05) is 95.9 Å². The highest BCUT2D eigenvalue weighted by atomic mass is 79.9. The minimum absolute atomic E-state index is 0.101. The summed E-state index contributed by atoms with van der Waals surface area (Å²) in [6.45, 7) is 0.183. The van der Waals surface area contributed by atoms with Crippen LogP contribution in [0.2, 0.25) is 0 Å². The van der Waals surface area contributed by atoms with Gasteiger partial charge in [-0.25, -0.2) is 0 Å². The summed E-state index contributed by atoms with van der Waals surface area (Å²) < 4.78 is 6.77. The van der Waals surface area contributed by atoms with Gasteiger partial charge >= 0.3 is 0 Å². The molecule has 1 N–H and O–H groups in total. The number of amides is 2. The molecule has 1 atom stereocenters. The molecule has 0 heterocycles. The zero-order valence-electron chi connectivity index (χ0n) is 20.4. The Hall–Kier alpha value is -3.12. The normalized spacial score (nSPS) is 14.6. The van der Waals surface area contributed by atoms with Crippen LogP contribution in [0.25, 0.3) is 0 Å². The predicted molar refractivity (Wildman–Crippen MR) is 146 cm³/mol. The Morgan fingerprint density at radius 1 is 0.861 bits per heavy atom. The van der Waals surface area contributed by atoms with Gasteiger partial charge in [0.15, 0.2) is 6.61 Å². The number of hydrogen-bond acceptors (Lipinski definition) is 3. The summed E-state index contributed by atoms with van der Waals surface area (Å²) in [6, 6.07) is 26.5. The summed E-state index contributed by atoms with van der Waals surface area (Å²) in [4.78, 5) is 29.0. The standard InChI is InChI=1S/C30H33BrN2O3/c31-25-18-16-24(17-19-25)21-33(29(34)22-36-27-14-8-3-9-15-27)28(20-23-10-4-1-5-11-23)30(35)32-26-12-6-2-7-13-26/h1,3-5,8-11,14-19,26,28H,2,6-7,12-13,20-22H2,(H,32,35)/t28-/m0/s1. The summed E-state index contributed by atoms with van der Waals surface area (Å²) in [5.74, 6) is 0.304. The van der Waals surface area contributed by atoms with Gasteiger partial charge in [0, 0.05) is 23.5 Å². The maximum absolute atomic E-state index is 13.7. The van der Waals surface area contributed by atoms with Crippen LogP contribution in [0.15, 0.2) is 89.4 Å². The van der Waals surface area contributed by atoms with Crippen molar-refractivity contribution in [2.45, 2.75) is 57.2 Å². The molecule has 0 bridgehead atoms. The number of para-hydroxylation sites is 1. The first-order valence-electron chi connectivity index (χ1n) is 12.6. The molecular formula is C30H33BrN2O3. The number of halogens is 1. The van der Waals surface area contributed by atoms with Gasteiger partial charge in [-0.2, -0.15) is 0 Å². The van der Waals surface area contributed by atoms with Gasteiger partial charge in [0.05, 0.1) is 0 Å². The molecule has 0 aromatic heterocycles. The first-order chi connectivity index (χ1) is 17.6. The van der Waals surface area contributed by atoms with E-state index in [1.165, 1.54) is 6.42 Å². The van der Waals surface area contributed by atoms with Crippen molar-refractivity contribution in [3.8, 4) is 5.75 Å². The van der Waals surface area contributed by atoms with Crippen LogP contribution in [0.5, 0.6) is 5.75 Å². The molecule has 1 fully saturated rings. The molecule has 36 heavy (non-hydrogen) atoms. The fraction of sp³-hybridized carbons (Fsp3) is 0.333. The van der Waals surface area contributed by atoms with Gasteiger partial charge in [0.1, 0.15) is 11.8 Å². The average molecular weight is 550 g/mol. The van der Waals surface area contributed by atoms with Gasteiger partial charge < -0.3 is 15.0 Å². The molecule has 188 valence electrons. The molecule has 3 aromatic carbocycles. The first-order valence-corrected chi connectivity index (χ1v) is 13.4. The van der Waals surface area contributed by atoms with Gasteiger partial charge in [0.2, 0.25) is 5.91 Å². The quantitative estimate of drug-likeness (QED) is 0.342.